The summed E-state index contributed by atoms with van der Waals surface area (Å²) >= 11 is 0. The summed E-state index contributed by atoms with van der Waals surface area (Å²) in [5, 5.41) is 31.3. The molecular weight excluding hydrogens is 634 g/mol. The molecule has 11 heteroatoms. The minimum Gasteiger partial charge on any atom is -0.506 e. The predicted octanol–water partition coefficient (Wildman–Crippen LogP) is 5.10. The van der Waals surface area contributed by atoms with Crippen LogP contribution in [-0.2, 0) is 9.53 Å². The molecule has 0 saturated carbocycles. The van der Waals surface area contributed by atoms with E-state index in [0.717, 1.165) is 43.4 Å². The molecule has 0 spiro atoms. The number of amides is 1. The highest BCUT2D eigenvalue weighted by atomic mass is 16.6. The molecule has 2 saturated heterocycles. The number of nitrogens with one attached hydrogen (secondary N) is 4. The molecule has 1 amide bonds. The Kier molecular flexibility index (Phi) is 11.9. The number of fused-ring (bicyclic) bond motifs is 1. The van der Waals surface area contributed by atoms with Crippen molar-refractivity contribution in [3.63, 3.8) is 0 Å². The number of aromatic nitrogens is 1. The number of phenols is 1. The number of para-hydroxylation sites is 1. The molecule has 4 aromatic rings. The van der Waals surface area contributed by atoms with Crippen LogP contribution in [0.25, 0.3) is 22.0 Å². The molecule has 1 unspecified atom stereocenters. The number of unbranched alkanes of at least 4 members (excludes halogenated alkanes) is 1. The van der Waals surface area contributed by atoms with E-state index in [1.54, 1.807) is 12.1 Å². The molecule has 6 rings (SSSR count). The van der Waals surface area contributed by atoms with E-state index >= 15 is 0 Å². The van der Waals surface area contributed by atoms with Crippen LogP contribution in [0.3, 0.4) is 0 Å². The Labute approximate surface area is 292 Å². The van der Waals surface area contributed by atoms with Gasteiger partial charge in [0.25, 0.3) is 0 Å². The first-order valence-corrected chi connectivity index (χ1v) is 17.7. The van der Waals surface area contributed by atoms with Gasteiger partial charge in [0, 0.05) is 49.1 Å². The van der Waals surface area contributed by atoms with Gasteiger partial charge in [-0.15, -0.1) is 0 Å². The maximum atomic E-state index is 13.7. The van der Waals surface area contributed by atoms with Crippen molar-refractivity contribution in [2.75, 3.05) is 38.0 Å². The molecule has 0 aliphatic carbocycles. The molecule has 3 heterocycles. The van der Waals surface area contributed by atoms with E-state index in [9.17, 15) is 24.6 Å². The van der Waals surface area contributed by atoms with Crippen LogP contribution < -0.4 is 21.5 Å². The van der Waals surface area contributed by atoms with Gasteiger partial charge in [0.1, 0.15) is 11.9 Å². The van der Waals surface area contributed by atoms with Crippen LogP contribution in [-0.4, -0.2) is 82.9 Å². The molecule has 6 N–H and O–H groups in total. The monoisotopic (exact) mass is 681 g/mol. The maximum absolute atomic E-state index is 13.7. The molecule has 1 aromatic heterocycles. The minimum atomic E-state index is -0.827. The van der Waals surface area contributed by atoms with Crippen molar-refractivity contribution in [2.24, 2.45) is 0 Å². The number of carbonyl (C=O) groups is 2. The second-order valence-corrected chi connectivity index (χ2v) is 13.3. The van der Waals surface area contributed by atoms with Gasteiger partial charge in [-0.05, 0) is 80.9 Å². The van der Waals surface area contributed by atoms with E-state index in [-0.39, 0.29) is 35.3 Å². The number of pyridine rings is 1. The number of rotatable bonds is 14. The summed E-state index contributed by atoms with van der Waals surface area (Å²) in [4.78, 5) is 43.2. The van der Waals surface area contributed by atoms with E-state index in [2.05, 4.69) is 25.8 Å². The number of aliphatic hydroxyl groups excluding tert-OH is 1. The second-order valence-electron chi connectivity index (χ2n) is 13.3. The third-order valence-corrected chi connectivity index (χ3v) is 9.83. The van der Waals surface area contributed by atoms with Gasteiger partial charge in [-0.3, -0.25) is 19.8 Å². The summed E-state index contributed by atoms with van der Waals surface area (Å²) < 4.78 is 5.85. The van der Waals surface area contributed by atoms with Crippen molar-refractivity contribution < 1.29 is 24.5 Å². The van der Waals surface area contributed by atoms with Gasteiger partial charge in [0.2, 0.25) is 5.56 Å². The number of phenolic OH excluding ortho intramolecular Hbond substituents is 1. The molecule has 11 nitrogen and oxygen atoms in total. The van der Waals surface area contributed by atoms with Crippen LogP contribution in [0.4, 0.5) is 10.5 Å². The summed E-state index contributed by atoms with van der Waals surface area (Å²) in [5.41, 5.74) is 3.26. The number of anilines is 1. The number of aliphatic hydroxyl groups is 1. The molecule has 2 aliphatic heterocycles. The standard InChI is InChI=1S/C39H47N5O6/c45-33-17-15-29(30-16-18-36(48)43-37(30)33)35(47)25-40-21-7-6-14-34(46)38(32-13-8-22-41-32)44-23-19-27(20-24-44)50-39(49)42-31-12-5-4-11-28(31)26-9-2-1-3-10-26/h1-5,9-12,15-18,27,32,35,38,40-41,45,47H,6-8,13-14,19-25H2,(H,42,49)(H,43,48)/t32-,35-,38?/m0/s1. The van der Waals surface area contributed by atoms with E-state index in [4.69, 9.17) is 4.74 Å². The number of H-pyrrole nitrogens is 1. The fourth-order valence-corrected chi connectivity index (χ4v) is 7.28. The molecular formula is C39H47N5O6. The fraction of sp³-hybridized carbons (Fsp3) is 0.410. The van der Waals surface area contributed by atoms with Gasteiger partial charge in [0.15, 0.2) is 5.78 Å². The Bertz CT molecular complexity index is 1800. The zero-order chi connectivity index (χ0) is 34.9. The number of carbonyl (C=O) groups excluding carboxylic acids is 2. The van der Waals surface area contributed by atoms with Gasteiger partial charge in [-0.1, -0.05) is 54.6 Å². The number of ketones is 1. The highest BCUT2D eigenvalue weighted by molar-refractivity contribution is 5.91. The van der Waals surface area contributed by atoms with Crippen LogP contribution in [0, 0.1) is 0 Å². The van der Waals surface area contributed by atoms with E-state index < -0.39 is 12.2 Å². The topological polar surface area (TPSA) is 156 Å². The van der Waals surface area contributed by atoms with Crippen molar-refractivity contribution >= 4 is 28.5 Å². The first-order chi connectivity index (χ1) is 24.4. The molecule has 264 valence electrons. The predicted molar refractivity (Wildman–Crippen MR) is 194 cm³/mol. The van der Waals surface area contributed by atoms with E-state index in [1.165, 1.54) is 12.1 Å². The highest BCUT2D eigenvalue weighted by Crippen LogP contribution is 2.30. The second kappa shape index (κ2) is 16.9. The molecule has 3 aromatic carbocycles. The highest BCUT2D eigenvalue weighted by Gasteiger charge is 2.37. The lowest BCUT2D eigenvalue weighted by Gasteiger charge is -2.39. The lowest BCUT2D eigenvalue weighted by molar-refractivity contribution is -0.126. The largest absolute Gasteiger partial charge is 0.506 e. The smallest absolute Gasteiger partial charge is 0.411 e. The first-order valence-electron chi connectivity index (χ1n) is 17.7. The SMILES string of the molecule is O=C(Nc1ccccc1-c1ccccc1)OC1CCN(C(C(=O)CCCCNC[C@H](O)c2ccc(O)c3[nH]c(=O)ccc23)[C@@H]2CCCN2)CC1. The Hall–Kier alpha value is -4.55. The van der Waals surface area contributed by atoms with Crippen LogP contribution in [0.15, 0.2) is 83.7 Å². The van der Waals surface area contributed by atoms with Crippen molar-refractivity contribution in [1.82, 2.24) is 20.5 Å². The van der Waals surface area contributed by atoms with Gasteiger partial charge in [-0.25, -0.2) is 4.79 Å². The number of aromatic amines is 1. The van der Waals surface area contributed by atoms with E-state index in [0.29, 0.717) is 67.6 Å². The number of hydrogen-bond donors (Lipinski definition) is 6. The number of Topliss-reactive ketones (excluding diaryl/α,β-unsaturated/α-hetero) is 1. The first kappa shape index (κ1) is 35.3. The van der Waals surface area contributed by atoms with Gasteiger partial charge in [-0.2, -0.15) is 0 Å². The van der Waals surface area contributed by atoms with Gasteiger partial charge >= 0.3 is 6.09 Å². The Morgan fingerprint density at radius 3 is 2.50 bits per heavy atom. The zero-order valence-electron chi connectivity index (χ0n) is 28.3. The third kappa shape index (κ3) is 8.78. The van der Waals surface area contributed by atoms with Crippen molar-refractivity contribution in [1.29, 1.82) is 0 Å². The Morgan fingerprint density at radius 2 is 1.72 bits per heavy atom. The summed E-state index contributed by atoms with van der Waals surface area (Å²) in [5.74, 6) is 0.197. The lowest BCUT2D eigenvalue weighted by atomic mass is 9.94. The average molecular weight is 682 g/mol. The van der Waals surface area contributed by atoms with Crippen LogP contribution in [0.1, 0.15) is 56.6 Å². The average Bonchev–Trinajstić information content (AvgIpc) is 3.66. The van der Waals surface area contributed by atoms with Crippen molar-refractivity contribution in [3.05, 3.63) is 94.8 Å². The molecule has 50 heavy (non-hydrogen) atoms. The van der Waals surface area contributed by atoms with Crippen molar-refractivity contribution in [2.45, 2.75) is 69.2 Å². The number of ether oxygens (including phenoxy) is 1. The Morgan fingerprint density at radius 1 is 0.940 bits per heavy atom. The molecule has 3 atom stereocenters. The molecule has 2 fully saturated rings. The maximum Gasteiger partial charge on any atom is 0.411 e. The third-order valence-electron chi connectivity index (χ3n) is 9.83. The lowest BCUT2D eigenvalue weighted by Crippen LogP contribution is -2.55. The van der Waals surface area contributed by atoms with Gasteiger partial charge in [0.05, 0.1) is 23.3 Å². The normalized spacial score (nSPS) is 18.1. The number of likely N-dealkylation sites (tertiary alicyclic amines) is 1. The molecule has 0 bridgehead atoms. The van der Waals surface area contributed by atoms with Gasteiger partial charge < -0.3 is 30.6 Å². The molecule has 2 aliphatic rings. The number of nitrogens with zero attached hydrogens (tertiary/aromatic N) is 1. The van der Waals surface area contributed by atoms with Crippen LogP contribution in [0.2, 0.25) is 0 Å². The summed E-state index contributed by atoms with van der Waals surface area (Å²) in [6.45, 7) is 3.23. The van der Waals surface area contributed by atoms with Crippen LogP contribution >= 0.6 is 0 Å². The quantitative estimate of drug-likeness (QED) is 0.0998. The number of benzene rings is 3. The van der Waals surface area contributed by atoms with Crippen molar-refractivity contribution in [3.8, 4) is 16.9 Å². The van der Waals surface area contributed by atoms with Crippen LogP contribution in [0.5, 0.6) is 5.75 Å². The molecule has 0 radical (unpaired) electrons. The summed E-state index contributed by atoms with van der Waals surface area (Å²) in [7, 11) is 0. The van der Waals surface area contributed by atoms with E-state index in [1.807, 2.05) is 54.6 Å². The number of aromatic hydroxyl groups is 1. The number of piperidine rings is 1. The minimum absolute atomic E-state index is 0.0425. The Balaban J connectivity index is 0.949. The number of hydrogen-bond acceptors (Lipinski definition) is 9. The fourth-order valence-electron chi connectivity index (χ4n) is 7.28. The summed E-state index contributed by atoms with van der Waals surface area (Å²) in [6, 6.07) is 23.6. The zero-order valence-corrected chi connectivity index (χ0v) is 28.3. The summed E-state index contributed by atoms with van der Waals surface area (Å²) in [6.07, 6.45) is 3.84.